The molecule has 22 heavy (non-hydrogen) atoms. The van der Waals surface area contributed by atoms with E-state index < -0.39 is 0 Å². The minimum Gasteiger partial charge on any atom is -0.353 e. The number of hydrogen-bond acceptors (Lipinski definition) is 2. The number of carbonyl (C=O) groups excluding carboxylic acids is 2. The summed E-state index contributed by atoms with van der Waals surface area (Å²) in [5, 5.41) is 3.02. The summed E-state index contributed by atoms with van der Waals surface area (Å²) in [6, 6.07) is 6.17. The summed E-state index contributed by atoms with van der Waals surface area (Å²) in [6.45, 7) is 8.68. The molecule has 0 aliphatic carbocycles. The highest BCUT2D eigenvalue weighted by molar-refractivity contribution is 6.00. The smallest absolute Gasteiger partial charge is 0.227 e. The molecule has 0 saturated carbocycles. The van der Waals surface area contributed by atoms with Gasteiger partial charge in [-0.2, -0.15) is 0 Å². The van der Waals surface area contributed by atoms with Crippen molar-refractivity contribution < 1.29 is 9.59 Å². The van der Waals surface area contributed by atoms with E-state index in [1.165, 1.54) is 5.56 Å². The SMILES string of the molecule is CCC[C@H](C)NC(=O)[C@@H]1CC(=O)N(c2ccc(C)c(C)c2)C1. The Morgan fingerprint density at radius 1 is 1.36 bits per heavy atom. The van der Waals surface area contributed by atoms with E-state index in [0.717, 1.165) is 24.1 Å². The van der Waals surface area contributed by atoms with Crippen LogP contribution in [0.2, 0.25) is 0 Å². The zero-order valence-electron chi connectivity index (χ0n) is 14.0. The predicted molar refractivity (Wildman–Crippen MR) is 88.9 cm³/mol. The van der Waals surface area contributed by atoms with E-state index in [9.17, 15) is 9.59 Å². The topological polar surface area (TPSA) is 49.4 Å². The Bertz CT molecular complexity index is 568. The Kier molecular flexibility index (Phi) is 5.22. The van der Waals surface area contributed by atoms with Gasteiger partial charge in [0.2, 0.25) is 11.8 Å². The molecule has 0 spiro atoms. The van der Waals surface area contributed by atoms with E-state index in [1.54, 1.807) is 4.90 Å². The van der Waals surface area contributed by atoms with Crippen LogP contribution in [-0.2, 0) is 9.59 Å². The highest BCUT2D eigenvalue weighted by atomic mass is 16.2. The van der Waals surface area contributed by atoms with Crippen LogP contribution in [0.5, 0.6) is 0 Å². The minimum absolute atomic E-state index is 0.000587. The van der Waals surface area contributed by atoms with Crippen LogP contribution >= 0.6 is 0 Å². The normalized spacial score (nSPS) is 19.4. The molecule has 1 aromatic carbocycles. The molecule has 1 aliphatic heterocycles. The number of nitrogens with zero attached hydrogens (tertiary/aromatic N) is 1. The maximum absolute atomic E-state index is 12.3. The van der Waals surface area contributed by atoms with Crippen molar-refractivity contribution >= 4 is 17.5 Å². The van der Waals surface area contributed by atoms with Crippen molar-refractivity contribution in [1.29, 1.82) is 0 Å². The van der Waals surface area contributed by atoms with Gasteiger partial charge in [-0.15, -0.1) is 0 Å². The molecule has 1 aromatic rings. The second kappa shape index (κ2) is 6.95. The lowest BCUT2D eigenvalue weighted by Gasteiger charge is -2.19. The first-order valence-corrected chi connectivity index (χ1v) is 8.10. The van der Waals surface area contributed by atoms with Crippen molar-refractivity contribution in [3.8, 4) is 0 Å². The average molecular weight is 302 g/mol. The van der Waals surface area contributed by atoms with Crippen LogP contribution in [0.1, 0.15) is 44.2 Å². The van der Waals surface area contributed by atoms with Gasteiger partial charge in [0, 0.05) is 24.7 Å². The van der Waals surface area contributed by atoms with E-state index >= 15 is 0 Å². The van der Waals surface area contributed by atoms with Crippen LogP contribution in [0.4, 0.5) is 5.69 Å². The maximum atomic E-state index is 12.3. The molecule has 0 unspecified atom stereocenters. The van der Waals surface area contributed by atoms with Crippen molar-refractivity contribution in [2.24, 2.45) is 5.92 Å². The lowest BCUT2D eigenvalue weighted by molar-refractivity contribution is -0.126. The molecular weight excluding hydrogens is 276 g/mol. The third kappa shape index (κ3) is 3.67. The molecular formula is C18H26N2O2. The Morgan fingerprint density at radius 3 is 2.73 bits per heavy atom. The van der Waals surface area contributed by atoms with E-state index in [0.29, 0.717) is 13.0 Å². The summed E-state index contributed by atoms with van der Waals surface area (Å²) in [7, 11) is 0. The highest BCUT2D eigenvalue weighted by Crippen LogP contribution is 2.27. The van der Waals surface area contributed by atoms with Crippen molar-refractivity contribution in [1.82, 2.24) is 5.32 Å². The fourth-order valence-electron chi connectivity index (χ4n) is 2.89. The summed E-state index contributed by atoms with van der Waals surface area (Å²) in [5.74, 6) is -0.208. The fraction of sp³-hybridized carbons (Fsp3) is 0.556. The van der Waals surface area contributed by atoms with E-state index in [4.69, 9.17) is 0 Å². The molecule has 0 aromatic heterocycles. The first-order chi connectivity index (χ1) is 10.4. The van der Waals surface area contributed by atoms with Gasteiger partial charge in [-0.3, -0.25) is 9.59 Å². The van der Waals surface area contributed by atoms with Crippen LogP contribution in [0.25, 0.3) is 0 Å². The molecule has 4 nitrogen and oxygen atoms in total. The molecule has 2 amide bonds. The molecule has 1 fully saturated rings. The number of hydrogen-bond donors (Lipinski definition) is 1. The first-order valence-electron chi connectivity index (χ1n) is 8.10. The summed E-state index contributed by atoms with van der Waals surface area (Å²) in [4.78, 5) is 26.3. The van der Waals surface area contributed by atoms with Gasteiger partial charge in [-0.1, -0.05) is 19.4 Å². The lowest BCUT2D eigenvalue weighted by atomic mass is 10.1. The molecule has 1 aliphatic rings. The van der Waals surface area contributed by atoms with Gasteiger partial charge in [0.1, 0.15) is 0 Å². The number of nitrogens with one attached hydrogen (secondary N) is 1. The Labute approximate surface area is 132 Å². The van der Waals surface area contributed by atoms with Crippen LogP contribution < -0.4 is 10.2 Å². The van der Waals surface area contributed by atoms with Crippen LogP contribution in [-0.4, -0.2) is 24.4 Å². The average Bonchev–Trinajstić information content (AvgIpc) is 2.84. The number of amides is 2. The van der Waals surface area contributed by atoms with Crippen molar-refractivity contribution in [2.75, 3.05) is 11.4 Å². The second-order valence-electron chi connectivity index (χ2n) is 6.37. The summed E-state index contributed by atoms with van der Waals surface area (Å²) >= 11 is 0. The van der Waals surface area contributed by atoms with Gasteiger partial charge in [0.15, 0.2) is 0 Å². The molecule has 1 heterocycles. The van der Waals surface area contributed by atoms with Crippen LogP contribution in [0.15, 0.2) is 18.2 Å². The number of anilines is 1. The number of benzene rings is 1. The summed E-state index contributed by atoms with van der Waals surface area (Å²) < 4.78 is 0. The number of rotatable bonds is 5. The Hall–Kier alpha value is -1.84. The third-order valence-electron chi connectivity index (χ3n) is 4.41. The molecule has 1 N–H and O–H groups in total. The van der Waals surface area contributed by atoms with E-state index in [1.807, 2.05) is 32.0 Å². The van der Waals surface area contributed by atoms with Gasteiger partial charge >= 0.3 is 0 Å². The third-order valence-corrected chi connectivity index (χ3v) is 4.41. The maximum Gasteiger partial charge on any atom is 0.227 e. The standard InChI is InChI=1S/C18H26N2O2/c1-5-6-14(4)19-18(22)15-10-17(21)20(11-15)16-8-7-12(2)13(3)9-16/h7-9,14-15H,5-6,10-11H2,1-4H3,(H,19,22)/t14-,15+/m0/s1. The van der Waals surface area contributed by atoms with Gasteiger partial charge in [0.05, 0.1) is 5.92 Å². The Balaban J connectivity index is 2.04. The summed E-state index contributed by atoms with van der Waals surface area (Å²) in [5.41, 5.74) is 3.26. The zero-order valence-corrected chi connectivity index (χ0v) is 14.0. The number of aryl methyl sites for hydroxylation is 2. The quantitative estimate of drug-likeness (QED) is 0.909. The molecule has 2 rings (SSSR count). The minimum atomic E-state index is -0.242. The molecule has 0 bridgehead atoms. The van der Waals surface area contributed by atoms with Gasteiger partial charge in [0.25, 0.3) is 0 Å². The molecule has 4 heteroatoms. The van der Waals surface area contributed by atoms with Crippen LogP contribution in [0.3, 0.4) is 0 Å². The highest BCUT2D eigenvalue weighted by Gasteiger charge is 2.35. The zero-order chi connectivity index (χ0) is 16.3. The second-order valence-corrected chi connectivity index (χ2v) is 6.37. The predicted octanol–water partition coefficient (Wildman–Crippen LogP) is 2.96. The van der Waals surface area contributed by atoms with Crippen molar-refractivity contribution in [3.05, 3.63) is 29.3 Å². The monoisotopic (exact) mass is 302 g/mol. The number of carbonyl (C=O) groups is 2. The largest absolute Gasteiger partial charge is 0.353 e. The summed E-state index contributed by atoms with van der Waals surface area (Å²) in [6.07, 6.45) is 2.31. The molecule has 2 atom stereocenters. The van der Waals surface area contributed by atoms with Crippen LogP contribution in [0, 0.1) is 19.8 Å². The fourth-order valence-corrected chi connectivity index (χ4v) is 2.89. The van der Waals surface area contributed by atoms with E-state index in [2.05, 4.69) is 19.2 Å². The molecule has 1 saturated heterocycles. The van der Waals surface area contributed by atoms with E-state index in [-0.39, 0.29) is 23.8 Å². The molecule has 0 radical (unpaired) electrons. The van der Waals surface area contributed by atoms with Gasteiger partial charge in [-0.05, 0) is 50.5 Å². The molecule has 120 valence electrons. The van der Waals surface area contributed by atoms with Gasteiger partial charge in [-0.25, -0.2) is 0 Å². The first kappa shape index (κ1) is 16.5. The van der Waals surface area contributed by atoms with Crippen molar-refractivity contribution in [2.45, 2.75) is 53.0 Å². The Morgan fingerprint density at radius 2 is 2.09 bits per heavy atom. The lowest BCUT2D eigenvalue weighted by Crippen LogP contribution is -2.38. The van der Waals surface area contributed by atoms with Crippen molar-refractivity contribution in [3.63, 3.8) is 0 Å². The van der Waals surface area contributed by atoms with Gasteiger partial charge < -0.3 is 10.2 Å².